The normalized spacial score (nSPS) is 31.2. The van der Waals surface area contributed by atoms with Crippen molar-refractivity contribution in [2.45, 2.75) is 37.8 Å². The lowest BCUT2D eigenvalue weighted by Gasteiger charge is -2.42. The fraction of sp³-hybridized carbons (Fsp3) is 0.846. The Bertz CT molecular complexity index is 389. The van der Waals surface area contributed by atoms with Crippen LogP contribution in [0.4, 0.5) is 4.79 Å². The Labute approximate surface area is 123 Å². The van der Waals surface area contributed by atoms with Crippen LogP contribution in [-0.4, -0.2) is 74.8 Å². The van der Waals surface area contributed by atoms with Crippen molar-refractivity contribution < 1.29 is 19.8 Å². The summed E-state index contributed by atoms with van der Waals surface area (Å²) in [5.74, 6) is 0.634. The van der Waals surface area contributed by atoms with E-state index >= 15 is 0 Å². The molecule has 2 amide bonds. The topological polar surface area (TPSA) is 81.1 Å². The standard InChI is InChI=1S/C13H22N2O4S/c1-13(19)3-2-4-14(9-13)12(18)15-5-6-20-8-10(15)7-11(16)17/h10,19H,2-9H2,1H3,(H,16,17). The maximum absolute atomic E-state index is 12.6. The molecule has 7 heteroatoms. The zero-order chi connectivity index (χ0) is 14.8. The van der Waals surface area contributed by atoms with E-state index in [-0.39, 0.29) is 18.5 Å². The van der Waals surface area contributed by atoms with Crippen molar-refractivity contribution in [3.8, 4) is 0 Å². The first-order chi connectivity index (χ1) is 9.39. The van der Waals surface area contributed by atoms with Gasteiger partial charge in [0.1, 0.15) is 0 Å². The molecule has 2 aliphatic rings. The molecule has 0 saturated carbocycles. The summed E-state index contributed by atoms with van der Waals surface area (Å²) < 4.78 is 0. The Morgan fingerprint density at radius 2 is 2.15 bits per heavy atom. The number of urea groups is 1. The second-order valence-electron chi connectivity index (χ2n) is 5.82. The number of piperidine rings is 1. The predicted octanol–water partition coefficient (Wildman–Crippen LogP) is 0.845. The quantitative estimate of drug-likeness (QED) is 0.790. The van der Waals surface area contributed by atoms with E-state index in [1.54, 1.807) is 28.5 Å². The van der Waals surface area contributed by atoms with E-state index in [9.17, 15) is 14.7 Å². The van der Waals surface area contributed by atoms with Gasteiger partial charge in [0.2, 0.25) is 0 Å². The number of thioether (sulfide) groups is 1. The second kappa shape index (κ2) is 6.22. The average molecular weight is 302 g/mol. The van der Waals surface area contributed by atoms with Crippen molar-refractivity contribution in [3.05, 3.63) is 0 Å². The molecule has 2 heterocycles. The number of likely N-dealkylation sites (tertiary alicyclic amines) is 1. The van der Waals surface area contributed by atoms with Gasteiger partial charge in [0, 0.05) is 24.6 Å². The van der Waals surface area contributed by atoms with Crippen LogP contribution in [0.3, 0.4) is 0 Å². The highest BCUT2D eigenvalue weighted by atomic mass is 32.2. The minimum absolute atomic E-state index is 0.0109. The van der Waals surface area contributed by atoms with E-state index in [0.717, 1.165) is 12.2 Å². The molecule has 0 spiro atoms. The lowest BCUT2D eigenvalue weighted by atomic mass is 9.95. The molecule has 0 aromatic rings. The lowest BCUT2D eigenvalue weighted by molar-refractivity contribution is -0.138. The molecular weight excluding hydrogens is 280 g/mol. The number of carboxylic acids is 1. The number of aliphatic carboxylic acids is 1. The molecule has 20 heavy (non-hydrogen) atoms. The van der Waals surface area contributed by atoms with Crippen LogP contribution < -0.4 is 0 Å². The van der Waals surface area contributed by atoms with Gasteiger partial charge in [-0.05, 0) is 19.8 Å². The van der Waals surface area contributed by atoms with Crippen molar-refractivity contribution in [3.63, 3.8) is 0 Å². The van der Waals surface area contributed by atoms with Gasteiger partial charge in [0.25, 0.3) is 0 Å². The van der Waals surface area contributed by atoms with E-state index in [1.165, 1.54) is 0 Å². The highest BCUT2D eigenvalue weighted by molar-refractivity contribution is 7.99. The molecule has 2 aliphatic heterocycles. The van der Waals surface area contributed by atoms with Gasteiger partial charge in [-0.3, -0.25) is 4.79 Å². The molecule has 2 N–H and O–H groups in total. The van der Waals surface area contributed by atoms with E-state index in [4.69, 9.17) is 5.11 Å². The molecule has 2 rings (SSSR count). The zero-order valence-electron chi connectivity index (χ0n) is 11.7. The number of rotatable bonds is 2. The number of nitrogens with zero attached hydrogens (tertiary/aromatic N) is 2. The van der Waals surface area contributed by atoms with E-state index < -0.39 is 11.6 Å². The fourth-order valence-corrected chi connectivity index (χ4v) is 3.90. The molecule has 0 bridgehead atoms. The molecule has 2 atom stereocenters. The highest BCUT2D eigenvalue weighted by Crippen LogP contribution is 2.25. The Hall–Kier alpha value is -0.950. The third-order valence-corrected chi connectivity index (χ3v) is 4.92. The van der Waals surface area contributed by atoms with Crippen LogP contribution in [0, 0.1) is 0 Å². The molecule has 2 saturated heterocycles. The minimum Gasteiger partial charge on any atom is -0.481 e. The summed E-state index contributed by atoms with van der Waals surface area (Å²) in [5.41, 5.74) is -0.833. The van der Waals surface area contributed by atoms with Crippen LogP contribution in [0.1, 0.15) is 26.2 Å². The van der Waals surface area contributed by atoms with Gasteiger partial charge < -0.3 is 20.0 Å². The Balaban J connectivity index is 2.03. The number of amides is 2. The minimum atomic E-state index is -0.874. The van der Waals surface area contributed by atoms with Crippen molar-refractivity contribution in [1.29, 1.82) is 0 Å². The number of hydrogen-bond donors (Lipinski definition) is 2. The summed E-state index contributed by atoms with van der Waals surface area (Å²) >= 11 is 1.69. The molecule has 0 aromatic heterocycles. The van der Waals surface area contributed by atoms with E-state index in [1.807, 2.05) is 0 Å². The monoisotopic (exact) mass is 302 g/mol. The molecular formula is C13H22N2O4S. The molecule has 2 fully saturated rings. The molecule has 0 aliphatic carbocycles. The maximum atomic E-state index is 12.6. The van der Waals surface area contributed by atoms with Gasteiger partial charge in [-0.2, -0.15) is 11.8 Å². The van der Waals surface area contributed by atoms with E-state index in [0.29, 0.717) is 31.8 Å². The second-order valence-corrected chi connectivity index (χ2v) is 6.97. The van der Waals surface area contributed by atoms with Crippen LogP contribution in [0.15, 0.2) is 0 Å². The van der Waals surface area contributed by atoms with Gasteiger partial charge in [-0.1, -0.05) is 0 Å². The molecule has 0 radical (unpaired) electrons. The smallest absolute Gasteiger partial charge is 0.320 e. The average Bonchev–Trinajstić information content (AvgIpc) is 2.36. The Morgan fingerprint density at radius 3 is 2.80 bits per heavy atom. The van der Waals surface area contributed by atoms with Crippen molar-refractivity contribution in [2.75, 3.05) is 31.1 Å². The fourth-order valence-electron chi connectivity index (χ4n) is 2.84. The zero-order valence-corrected chi connectivity index (χ0v) is 12.6. The van der Waals surface area contributed by atoms with Crippen LogP contribution in [-0.2, 0) is 4.79 Å². The third kappa shape index (κ3) is 3.79. The summed E-state index contributed by atoms with van der Waals surface area (Å²) in [6.07, 6.45) is 1.47. The molecule has 6 nitrogen and oxygen atoms in total. The van der Waals surface area contributed by atoms with Gasteiger partial charge in [-0.25, -0.2) is 4.79 Å². The van der Waals surface area contributed by atoms with Crippen LogP contribution >= 0.6 is 11.8 Å². The van der Waals surface area contributed by atoms with Crippen LogP contribution in [0.2, 0.25) is 0 Å². The van der Waals surface area contributed by atoms with Crippen LogP contribution in [0.5, 0.6) is 0 Å². The maximum Gasteiger partial charge on any atom is 0.320 e. The van der Waals surface area contributed by atoms with Crippen molar-refractivity contribution >= 4 is 23.8 Å². The van der Waals surface area contributed by atoms with Gasteiger partial charge in [0.15, 0.2) is 0 Å². The molecule has 2 unspecified atom stereocenters. The highest BCUT2D eigenvalue weighted by Gasteiger charge is 2.36. The van der Waals surface area contributed by atoms with Gasteiger partial charge in [-0.15, -0.1) is 0 Å². The summed E-state index contributed by atoms with van der Waals surface area (Å²) in [4.78, 5) is 26.8. The first kappa shape index (κ1) is 15.4. The number of carbonyl (C=O) groups excluding carboxylic acids is 1. The Kier molecular flexibility index (Phi) is 4.80. The van der Waals surface area contributed by atoms with Crippen molar-refractivity contribution in [1.82, 2.24) is 9.80 Å². The largest absolute Gasteiger partial charge is 0.481 e. The molecule has 114 valence electrons. The summed E-state index contributed by atoms with van der Waals surface area (Å²) in [6.45, 7) is 3.29. The van der Waals surface area contributed by atoms with Gasteiger partial charge in [0.05, 0.1) is 24.6 Å². The number of carboxylic acid groups (broad SMARTS) is 1. The Morgan fingerprint density at radius 1 is 1.40 bits per heavy atom. The summed E-state index contributed by atoms with van der Waals surface area (Å²) in [5, 5.41) is 19.1. The summed E-state index contributed by atoms with van der Waals surface area (Å²) in [7, 11) is 0. The number of aliphatic hydroxyl groups is 1. The first-order valence-electron chi connectivity index (χ1n) is 6.96. The first-order valence-corrected chi connectivity index (χ1v) is 8.12. The third-order valence-electron chi connectivity index (χ3n) is 3.83. The van der Waals surface area contributed by atoms with Gasteiger partial charge >= 0.3 is 12.0 Å². The number of hydrogen-bond acceptors (Lipinski definition) is 4. The predicted molar refractivity (Wildman–Crippen MR) is 76.9 cm³/mol. The van der Waals surface area contributed by atoms with Crippen LogP contribution in [0.25, 0.3) is 0 Å². The molecule has 0 aromatic carbocycles. The lowest BCUT2D eigenvalue weighted by Crippen LogP contribution is -2.57. The SMILES string of the molecule is CC1(O)CCCN(C(=O)N2CCSCC2CC(=O)O)C1. The number of carbonyl (C=O) groups is 2. The summed E-state index contributed by atoms with van der Waals surface area (Å²) in [6, 6.07) is -0.373. The number of β-amino-alcohol motifs (C(OH)–C–C–N with tert-alkyl or cyclic N) is 1. The van der Waals surface area contributed by atoms with Crippen molar-refractivity contribution in [2.24, 2.45) is 0 Å². The van der Waals surface area contributed by atoms with E-state index in [2.05, 4.69) is 0 Å².